The largest absolute Gasteiger partial charge is 0.322 e. The maximum atomic E-state index is 12.8. The van der Waals surface area contributed by atoms with E-state index < -0.39 is 0 Å². The van der Waals surface area contributed by atoms with E-state index in [1.165, 1.54) is 42.9 Å². The molecule has 3 rings (SSSR count). The Balaban J connectivity index is 1.86. The van der Waals surface area contributed by atoms with Gasteiger partial charge in [-0.25, -0.2) is 14.4 Å². The number of nitrogens with zero attached hydrogens (tertiary/aromatic N) is 3. The molecule has 6 heteroatoms. The highest BCUT2D eigenvalue weighted by atomic mass is 19.1. The number of carbonyl (C=O) groups excluding carboxylic acids is 1. The van der Waals surface area contributed by atoms with Gasteiger partial charge < -0.3 is 5.32 Å². The van der Waals surface area contributed by atoms with Crippen LogP contribution in [0.4, 0.5) is 10.1 Å². The molecule has 2 aromatic heterocycles. The summed E-state index contributed by atoms with van der Waals surface area (Å²) < 4.78 is 12.8. The summed E-state index contributed by atoms with van der Waals surface area (Å²) in [5.74, 6) is -0.692. The second-order valence-corrected chi connectivity index (χ2v) is 4.08. The van der Waals surface area contributed by atoms with Crippen molar-refractivity contribution in [3.8, 4) is 0 Å². The zero-order chi connectivity index (χ0) is 13.9. The molecule has 0 unspecified atom stereocenters. The van der Waals surface area contributed by atoms with Gasteiger partial charge >= 0.3 is 0 Å². The zero-order valence-electron chi connectivity index (χ0n) is 10.2. The number of benzene rings is 1. The van der Waals surface area contributed by atoms with Crippen molar-refractivity contribution in [1.29, 1.82) is 0 Å². The van der Waals surface area contributed by atoms with Crippen molar-refractivity contribution in [2.75, 3.05) is 5.32 Å². The predicted molar refractivity (Wildman–Crippen MR) is 71.7 cm³/mol. The Hall–Kier alpha value is -2.89. The van der Waals surface area contributed by atoms with Gasteiger partial charge in [-0.2, -0.15) is 0 Å². The first kappa shape index (κ1) is 12.2. The van der Waals surface area contributed by atoms with Crippen LogP contribution in [0.1, 0.15) is 10.4 Å². The van der Waals surface area contributed by atoms with Gasteiger partial charge in [0.2, 0.25) is 0 Å². The average Bonchev–Trinajstić information content (AvgIpc) is 2.49. The molecule has 1 aromatic carbocycles. The van der Waals surface area contributed by atoms with Crippen LogP contribution in [-0.4, -0.2) is 20.9 Å². The summed E-state index contributed by atoms with van der Waals surface area (Å²) in [6.45, 7) is 0. The molecule has 0 aliphatic carbocycles. The van der Waals surface area contributed by atoms with Crippen LogP contribution in [-0.2, 0) is 0 Å². The summed E-state index contributed by atoms with van der Waals surface area (Å²) in [5, 5.41) is 2.66. The first-order chi connectivity index (χ1) is 9.72. The summed E-state index contributed by atoms with van der Waals surface area (Å²) in [6.07, 6.45) is 4.50. The second-order valence-electron chi connectivity index (χ2n) is 4.08. The Bertz CT molecular complexity index is 773. The molecule has 98 valence electrons. The molecule has 20 heavy (non-hydrogen) atoms. The number of rotatable bonds is 2. The van der Waals surface area contributed by atoms with Crippen molar-refractivity contribution in [3.05, 3.63) is 60.3 Å². The number of anilines is 1. The number of hydrogen-bond acceptors (Lipinski definition) is 4. The van der Waals surface area contributed by atoms with E-state index in [2.05, 4.69) is 20.3 Å². The van der Waals surface area contributed by atoms with Crippen LogP contribution in [0.25, 0.3) is 11.2 Å². The van der Waals surface area contributed by atoms with Crippen molar-refractivity contribution < 1.29 is 9.18 Å². The summed E-state index contributed by atoms with van der Waals surface area (Å²) >= 11 is 0. The monoisotopic (exact) mass is 268 g/mol. The fraction of sp³-hybridized carbons (Fsp3) is 0. The maximum Gasteiger partial charge on any atom is 0.257 e. The predicted octanol–water partition coefficient (Wildman–Crippen LogP) is 2.42. The van der Waals surface area contributed by atoms with Crippen LogP contribution in [0.3, 0.4) is 0 Å². The van der Waals surface area contributed by atoms with Gasteiger partial charge in [0.15, 0.2) is 5.65 Å². The fourth-order valence-corrected chi connectivity index (χ4v) is 1.72. The summed E-state index contributed by atoms with van der Waals surface area (Å²) in [4.78, 5) is 24.2. The molecule has 0 aliphatic heterocycles. The lowest BCUT2D eigenvalue weighted by molar-refractivity contribution is 0.102. The maximum absolute atomic E-state index is 12.8. The molecule has 0 radical (unpaired) electrons. The average molecular weight is 268 g/mol. The molecule has 0 spiro atoms. The first-order valence-electron chi connectivity index (χ1n) is 5.86. The van der Waals surface area contributed by atoms with Gasteiger partial charge in [-0.3, -0.25) is 9.78 Å². The van der Waals surface area contributed by atoms with E-state index >= 15 is 0 Å². The Morgan fingerprint density at radius 2 is 1.80 bits per heavy atom. The normalized spacial score (nSPS) is 10.4. The summed E-state index contributed by atoms with van der Waals surface area (Å²) in [7, 11) is 0. The van der Waals surface area contributed by atoms with Crippen LogP contribution >= 0.6 is 0 Å². The molecule has 1 amide bonds. The van der Waals surface area contributed by atoms with Gasteiger partial charge in [0.25, 0.3) is 5.91 Å². The standard InChI is InChI=1S/C14H9FN4O/c15-10-1-3-11(4-2-10)19-14(20)9-7-12-13(18-8-9)17-6-5-16-12/h1-8H,(H,19,20). The van der Waals surface area contributed by atoms with Crippen molar-refractivity contribution in [2.24, 2.45) is 0 Å². The Morgan fingerprint density at radius 3 is 2.60 bits per heavy atom. The van der Waals surface area contributed by atoms with Gasteiger partial charge in [0, 0.05) is 24.3 Å². The third-order valence-electron chi connectivity index (χ3n) is 2.69. The van der Waals surface area contributed by atoms with Crippen LogP contribution in [0.5, 0.6) is 0 Å². The molecule has 0 saturated carbocycles. The van der Waals surface area contributed by atoms with Gasteiger partial charge in [-0.1, -0.05) is 0 Å². The van der Waals surface area contributed by atoms with Crippen molar-refractivity contribution >= 4 is 22.8 Å². The Labute approximate surface area is 113 Å². The van der Waals surface area contributed by atoms with Gasteiger partial charge in [0.05, 0.1) is 5.56 Å². The highest BCUT2D eigenvalue weighted by Gasteiger charge is 2.08. The molecule has 5 nitrogen and oxygen atoms in total. The second kappa shape index (κ2) is 5.00. The number of pyridine rings is 1. The van der Waals surface area contributed by atoms with Crippen molar-refractivity contribution in [3.63, 3.8) is 0 Å². The number of nitrogens with one attached hydrogen (secondary N) is 1. The third kappa shape index (κ3) is 2.44. The number of aromatic nitrogens is 3. The third-order valence-corrected chi connectivity index (χ3v) is 2.69. The van der Waals surface area contributed by atoms with Crippen LogP contribution in [0, 0.1) is 5.82 Å². The Kier molecular flexibility index (Phi) is 3.04. The highest BCUT2D eigenvalue weighted by molar-refractivity contribution is 6.05. The van der Waals surface area contributed by atoms with E-state index in [0.717, 1.165) is 0 Å². The van der Waals surface area contributed by atoms with Crippen molar-refractivity contribution in [1.82, 2.24) is 15.0 Å². The number of halogens is 1. The summed E-state index contributed by atoms with van der Waals surface area (Å²) in [5.41, 5.74) is 1.89. The minimum Gasteiger partial charge on any atom is -0.322 e. The molecule has 3 aromatic rings. The van der Waals surface area contributed by atoms with Gasteiger partial charge in [-0.15, -0.1) is 0 Å². The number of amides is 1. The first-order valence-corrected chi connectivity index (χ1v) is 5.86. The van der Waals surface area contributed by atoms with E-state index in [-0.39, 0.29) is 11.7 Å². The molecule has 0 atom stereocenters. The van der Waals surface area contributed by atoms with E-state index in [1.807, 2.05) is 0 Å². The van der Waals surface area contributed by atoms with Crippen LogP contribution in [0.2, 0.25) is 0 Å². The molecular formula is C14H9FN4O. The smallest absolute Gasteiger partial charge is 0.257 e. The van der Waals surface area contributed by atoms with Crippen LogP contribution < -0.4 is 5.32 Å². The van der Waals surface area contributed by atoms with E-state index in [4.69, 9.17) is 0 Å². The quantitative estimate of drug-likeness (QED) is 0.775. The minimum absolute atomic E-state index is 0.336. The molecule has 2 heterocycles. The molecule has 0 saturated heterocycles. The molecule has 0 aliphatic rings. The van der Waals surface area contributed by atoms with Crippen molar-refractivity contribution in [2.45, 2.75) is 0 Å². The van der Waals surface area contributed by atoms with Gasteiger partial charge in [0.1, 0.15) is 11.3 Å². The molecule has 0 fully saturated rings. The molecular weight excluding hydrogens is 259 g/mol. The lowest BCUT2D eigenvalue weighted by Gasteiger charge is -2.05. The molecule has 0 bridgehead atoms. The van der Waals surface area contributed by atoms with Gasteiger partial charge in [-0.05, 0) is 30.3 Å². The number of carbonyl (C=O) groups is 1. The summed E-state index contributed by atoms with van der Waals surface area (Å²) in [6, 6.07) is 7.14. The number of fused-ring (bicyclic) bond motifs is 1. The zero-order valence-corrected chi connectivity index (χ0v) is 10.2. The Morgan fingerprint density at radius 1 is 1.05 bits per heavy atom. The minimum atomic E-state index is -0.356. The fourth-order valence-electron chi connectivity index (χ4n) is 1.72. The topological polar surface area (TPSA) is 67.8 Å². The van der Waals surface area contributed by atoms with E-state index in [1.54, 1.807) is 6.07 Å². The SMILES string of the molecule is O=C(Nc1ccc(F)cc1)c1cnc2nccnc2c1. The number of hydrogen-bond donors (Lipinski definition) is 1. The molecule has 1 N–H and O–H groups in total. The lowest BCUT2D eigenvalue weighted by atomic mass is 10.2. The van der Waals surface area contributed by atoms with E-state index in [9.17, 15) is 9.18 Å². The lowest BCUT2D eigenvalue weighted by Crippen LogP contribution is -2.12. The van der Waals surface area contributed by atoms with Crippen LogP contribution in [0.15, 0.2) is 48.9 Å². The highest BCUT2D eigenvalue weighted by Crippen LogP contribution is 2.12. The van der Waals surface area contributed by atoms with E-state index in [0.29, 0.717) is 22.4 Å².